The molecule has 0 saturated carbocycles. The summed E-state index contributed by atoms with van der Waals surface area (Å²) in [5.74, 6) is 2.03. The summed E-state index contributed by atoms with van der Waals surface area (Å²) in [5, 5.41) is 0. The van der Waals surface area contributed by atoms with E-state index in [2.05, 4.69) is 24.5 Å². The molecule has 1 atom stereocenters. The molecule has 106 valence electrons. The summed E-state index contributed by atoms with van der Waals surface area (Å²) in [6, 6.07) is 0. The molecule has 0 bridgehead atoms. The number of nitrogens with zero attached hydrogens (tertiary/aromatic N) is 1. The highest BCUT2D eigenvalue weighted by Gasteiger charge is 2.27. The van der Waals surface area contributed by atoms with Crippen molar-refractivity contribution >= 4 is 18.5 Å². The molecule has 1 aliphatic heterocycles. The van der Waals surface area contributed by atoms with Crippen molar-refractivity contribution < 1.29 is 4.79 Å². The zero-order valence-corrected chi connectivity index (χ0v) is 12.8. The second-order valence-electron chi connectivity index (χ2n) is 5.52. The number of hydrogen-bond acceptors (Lipinski definition) is 2. The zero-order chi connectivity index (χ0) is 13.2. The maximum absolute atomic E-state index is 11.7. The van der Waals surface area contributed by atoms with Crippen LogP contribution in [0.4, 0.5) is 0 Å². The first kappa shape index (κ1) is 15.9. The van der Waals surface area contributed by atoms with E-state index in [1.54, 1.807) is 0 Å². The molecule has 0 aromatic rings. The maximum Gasteiger partial charge on any atom is 0.222 e. The van der Waals surface area contributed by atoms with E-state index in [9.17, 15) is 4.79 Å². The molecule has 0 aromatic carbocycles. The Morgan fingerprint density at radius 2 is 1.72 bits per heavy atom. The molecule has 1 rings (SSSR count). The molecule has 0 radical (unpaired) electrons. The fourth-order valence-electron chi connectivity index (χ4n) is 2.64. The number of rotatable bonds is 10. The predicted molar refractivity (Wildman–Crippen MR) is 81.2 cm³/mol. The Bertz CT molecular complexity index is 233. The third-order valence-corrected chi connectivity index (χ3v) is 4.27. The molecule has 3 heteroatoms. The number of likely N-dealkylation sites (tertiary alicyclic amines) is 1. The van der Waals surface area contributed by atoms with Crippen molar-refractivity contribution in [3.8, 4) is 0 Å². The fraction of sp³-hybridized carbons (Fsp3) is 0.933. The van der Waals surface area contributed by atoms with Crippen molar-refractivity contribution in [1.29, 1.82) is 0 Å². The van der Waals surface area contributed by atoms with Crippen molar-refractivity contribution in [2.24, 2.45) is 5.92 Å². The Labute approximate surface area is 118 Å². The van der Waals surface area contributed by atoms with Crippen molar-refractivity contribution in [2.45, 2.75) is 64.7 Å². The Morgan fingerprint density at radius 1 is 1.11 bits per heavy atom. The zero-order valence-electron chi connectivity index (χ0n) is 11.9. The van der Waals surface area contributed by atoms with Gasteiger partial charge >= 0.3 is 0 Å². The Kier molecular flexibility index (Phi) is 8.57. The average molecular weight is 271 g/mol. The van der Waals surface area contributed by atoms with Crippen molar-refractivity contribution in [1.82, 2.24) is 4.90 Å². The third kappa shape index (κ3) is 6.12. The Hall–Kier alpha value is -0.180. The van der Waals surface area contributed by atoms with Crippen LogP contribution in [0.1, 0.15) is 64.7 Å². The van der Waals surface area contributed by atoms with Crippen LogP contribution in [0.2, 0.25) is 0 Å². The van der Waals surface area contributed by atoms with Gasteiger partial charge in [-0.15, -0.1) is 0 Å². The number of thiol groups is 1. The van der Waals surface area contributed by atoms with Gasteiger partial charge in [-0.1, -0.05) is 45.4 Å². The van der Waals surface area contributed by atoms with E-state index >= 15 is 0 Å². The topological polar surface area (TPSA) is 20.3 Å². The van der Waals surface area contributed by atoms with Crippen LogP contribution in [0.25, 0.3) is 0 Å². The number of amides is 1. The maximum atomic E-state index is 11.7. The second kappa shape index (κ2) is 9.71. The Morgan fingerprint density at radius 3 is 2.28 bits per heavy atom. The van der Waals surface area contributed by atoms with Crippen molar-refractivity contribution in [2.75, 3.05) is 18.8 Å². The molecule has 1 unspecified atom stereocenters. The second-order valence-corrected chi connectivity index (χ2v) is 5.96. The summed E-state index contributed by atoms with van der Waals surface area (Å²) in [6.45, 7) is 4.19. The van der Waals surface area contributed by atoms with Gasteiger partial charge in [0.25, 0.3) is 0 Å². The van der Waals surface area contributed by atoms with Crippen LogP contribution in [0.5, 0.6) is 0 Å². The lowest BCUT2D eigenvalue weighted by Gasteiger charge is -2.16. The fourth-order valence-corrected chi connectivity index (χ4v) is 2.87. The van der Waals surface area contributed by atoms with Crippen LogP contribution in [-0.4, -0.2) is 29.6 Å². The predicted octanol–water partition coefficient (Wildman–Crippen LogP) is 3.91. The molecule has 1 aliphatic rings. The molecule has 1 amide bonds. The first-order chi connectivity index (χ1) is 8.77. The van der Waals surface area contributed by atoms with E-state index in [1.165, 1.54) is 44.9 Å². The minimum Gasteiger partial charge on any atom is -0.342 e. The summed E-state index contributed by atoms with van der Waals surface area (Å²) in [5.41, 5.74) is 0. The lowest BCUT2D eigenvalue weighted by molar-refractivity contribution is -0.127. The largest absolute Gasteiger partial charge is 0.342 e. The molecule has 1 saturated heterocycles. The van der Waals surface area contributed by atoms with Crippen LogP contribution in [-0.2, 0) is 4.79 Å². The molecule has 1 fully saturated rings. The monoisotopic (exact) mass is 271 g/mol. The molecular formula is C15H29NOS. The smallest absolute Gasteiger partial charge is 0.222 e. The van der Waals surface area contributed by atoms with E-state index in [1.807, 2.05) is 0 Å². The van der Waals surface area contributed by atoms with Gasteiger partial charge in [0.05, 0.1) is 0 Å². The molecule has 18 heavy (non-hydrogen) atoms. The van der Waals surface area contributed by atoms with Gasteiger partial charge in [-0.3, -0.25) is 4.79 Å². The van der Waals surface area contributed by atoms with Gasteiger partial charge in [-0.25, -0.2) is 0 Å². The minimum atomic E-state index is 0.385. The quantitative estimate of drug-likeness (QED) is 0.472. The molecule has 2 nitrogen and oxygen atoms in total. The first-order valence-corrected chi connectivity index (χ1v) is 8.29. The summed E-state index contributed by atoms with van der Waals surface area (Å²) in [6.07, 6.45) is 11.0. The summed E-state index contributed by atoms with van der Waals surface area (Å²) in [7, 11) is 0. The van der Waals surface area contributed by atoms with Crippen LogP contribution in [0.3, 0.4) is 0 Å². The van der Waals surface area contributed by atoms with Crippen LogP contribution in [0.15, 0.2) is 0 Å². The molecular weight excluding hydrogens is 242 g/mol. The summed E-state index contributed by atoms with van der Waals surface area (Å²) < 4.78 is 0. The highest BCUT2D eigenvalue weighted by Crippen LogP contribution is 2.21. The molecule has 0 spiro atoms. The van der Waals surface area contributed by atoms with E-state index in [0.29, 0.717) is 11.8 Å². The number of carbonyl (C=O) groups excluding carboxylic acids is 1. The van der Waals surface area contributed by atoms with Gasteiger partial charge < -0.3 is 4.90 Å². The number of carbonyl (C=O) groups is 1. The molecule has 0 aromatic heterocycles. The SMILES string of the molecule is CCC1CC(=O)N(CCCCCCCCCS)C1. The number of unbranched alkanes of at least 4 members (excludes halogenated alkanes) is 6. The highest BCUT2D eigenvalue weighted by molar-refractivity contribution is 7.80. The Balaban J connectivity index is 1.93. The first-order valence-electron chi connectivity index (χ1n) is 7.66. The van der Waals surface area contributed by atoms with E-state index < -0.39 is 0 Å². The molecule has 0 N–H and O–H groups in total. The van der Waals surface area contributed by atoms with E-state index in [4.69, 9.17) is 0 Å². The standard InChI is InChI=1S/C15H29NOS/c1-2-14-12-15(17)16(13-14)10-8-6-4-3-5-7-9-11-18/h14,18H,2-13H2,1H3. The van der Waals surface area contributed by atoms with E-state index in [-0.39, 0.29) is 0 Å². The van der Waals surface area contributed by atoms with Crippen LogP contribution in [0, 0.1) is 5.92 Å². The van der Waals surface area contributed by atoms with Gasteiger partial charge in [0.2, 0.25) is 5.91 Å². The lowest BCUT2D eigenvalue weighted by Crippen LogP contribution is -2.26. The number of hydrogen-bond donors (Lipinski definition) is 1. The average Bonchev–Trinajstić information content (AvgIpc) is 2.73. The van der Waals surface area contributed by atoms with Gasteiger partial charge in [0.15, 0.2) is 0 Å². The summed E-state index contributed by atoms with van der Waals surface area (Å²) >= 11 is 4.22. The normalized spacial score (nSPS) is 19.8. The van der Waals surface area contributed by atoms with Crippen LogP contribution < -0.4 is 0 Å². The van der Waals surface area contributed by atoms with Gasteiger partial charge in [0, 0.05) is 19.5 Å². The molecule has 0 aliphatic carbocycles. The van der Waals surface area contributed by atoms with Gasteiger partial charge in [-0.2, -0.15) is 12.6 Å². The van der Waals surface area contributed by atoms with E-state index in [0.717, 1.165) is 31.7 Å². The highest BCUT2D eigenvalue weighted by atomic mass is 32.1. The lowest BCUT2D eigenvalue weighted by atomic mass is 10.1. The van der Waals surface area contributed by atoms with Crippen LogP contribution >= 0.6 is 12.6 Å². The third-order valence-electron chi connectivity index (χ3n) is 3.96. The molecule has 1 heterocycles. The minimum absolute atomic E-state index is 0.385. The van der Waals surface area contributed by atoms with Crippen molar-refractivity contribution in [3.05, 3.63) is 0 Å². The van der Waals surface area contributed by atoms with Gasteiger partial charge in [0.1, 0.15) is 0 Å². The van der Waals surface area contributed by atoms with Crippen molar-refractivity contribution in [3.63, 3.8) is 0 Å². The van der Waals surface area contributed by atoms with Gasteiger partial charge in [-0.05, 0) is 24.5 Å². The summed E-state index contributed by atoms with van der Waals surface area (Å²) in [4.78, 5) is 13.8.